The number of halogens is 1. The highest BCUT2D eigenvalue weighted by Gasteiger charge is 2.25. The van der Waals surface area contributed by atoms with Crippen LogP contribution >= 0.6 is 22.9 Å². The molecular formula is C11H15ClN4O2S2. The van der Waals surface area contributed by atoms with Crippen molar-refractivity contribution < 1.29 is 8.42 Å². The highest BCUT2D eigenvalue weighted by molar-refractivity contribution is 7.91. The number of nitrogens with zero attached hydrogens (tertiary/aromatic N) is 3. The van der Waals surface area contributed by atoms with Gasteiger partial charge in [0.05, 0.1) is 11.9 Å². The Morgan fingerprint density at radius 3 is 2.55 bits per heavy atom. The van der Waals surface area contributed by atoms with Gasteiger partial charge in [0, 0.05) is 24.3 Å². The molecule has 0 aliphatic heterocycles. The molecule has 0 amide bonds. The van der Waals surface area contributed by atoms with Crippen molar-refractivity contribution in [3.63, 3.8) is 0 Å². The minimum absolute atomic E-state index is 0.149. The van der Waals surface area contributed by atoms with Gasteiger partial charge >= 0.3 is 0 Å². The van der Waals surface area contributed by atoms with Crippen molar-refractivity contribution in [1.29, 1.82) is 0 Å². The van der Waals surface area contributed by atoms with Crippen molar-refractivity contribution in [2.24, 2.45) is 7.05 Å². The van der Waals surface area contributed by atoms with Crippen molar-refractivity contribution in [3.8, 4) is 0 Å². The molecule has 0 spiro atoms. The molecule has 0 saturated carbocycles. The fourth-order valence-electron chi connectivity index (χ4n) is 1.89. The van der Waals surface area contributed by atoms with E-state index in [2.05, 4.69) is 14.8 Å². The first-order valence-corrected chi connectivity index (χ1v) is 8.54. The summed E-state index contributed by atoms with van der Waals surface area (Å²) in [4.78, 5) is 3.93. The van der Waals surface area contributed by atoms with Gasteiger partial charge < -0.3 is 0 Å². The lowest BCUT2D eigenvalue weighted by molar-refractivity contribution is 0.567. The highest BCUT2D eigenvalue weighted by atomic mass is 35.5. The predicted molar refractivity (Wildman–Crippen MR) is 78.5 cm³/mol. The molecule has 2 aromatic rings. The zero-order chi connectivity index (χ0) is 15.1. The van der Waals surface area contributed by atoms with Crippen molar-refractivity contribution in [2.45, 2.75) is 31.0 Å². The number of aromatic nitrogens is 3. The zero-order valence-electron chi connectivity index (χ0n) is 11.5. The lowest BCUT2D eigenvalue weighted by Gasteiger charge is -2.13. The van der Waals surface area contributed by atoms with E-state index in [4.69, 9.17) is 11.6 Å². The molecule has 0 saturated heterocycles. The van der Waals surface area contributed by atoms with Crippen LogP contribution in [0.5, 0.6) is 0 Å². The number of thiazole rings is 1. The average Bonchev–Trinajstić information content (AvgIpc) is 2.83. The lowest BCUT2D eigenvalue weighted by atomic mass is 10.1. The number of sulfonamides is 1. The summed E-state index contributed by atoms with van der Waals surface area (Å²) in [7, 11) is -1.83. The van der Waals surface area contributed by atoms with Gasteiger partial charge in [-0.25, -0.2) is 18.1 Å². The standard InChI is InChI=1S/C11H15ClN4O2S2/c1-6(9-5-13-16(4)8(9)3)15-20(17,18)10-7(2)14-11(12)19-10/h5-6,15H,1-4H3. The molecule has 0 aromatic carbocycles. The maximum Gasteiger partial charge on any atom is 0.252 e. The molecule has 0 radical (unpaired) electrons. The molecule has 2 rings (SSSR count). The molecule has 1 unspecified atom stereocenters. The minimum Gasteiger partial charge on any atom is -0.273 e. The van der Waals surface area contributed by atoms with E-state index >= 15 is 0 Å². The van der Waals surface area contributed by atoms with E-state index in [1.807, 2.05) is 14.0 Å². The van der Waals surface area contributed by atoms with Crippen LogP contribution in [0.25, 0.3) is 0 Å². The summed E-state index contributed by atoms with van der Waals surface area (Å²) >= 11 is 6.71. The molecule has 2 aromatic heterocycles. The molecule has 20 heavy (non-hydrogen) atoms. The predicted octanol–water partition coefficient (Wildman–Crippen LogP) is 2.19. The summed E-state index contributed by atoms with van der Waals surface area (Å²) in [6, 6.07) is -0.381. The second-order valence-electron chi connectivity index (χ2n) is 4.49. The van der Waals surface area contributed by atoms with Gasteiger partial charge in [-0.05, 0) is 20.8 Å². The summed E-state index contributed by atoms with van der Waals surface area (Å²) in [5.41, 5.74) is 2.16. The third-order valence-electron chi connectivity index (χ3n) is 3.04. The summed E-state index contributed by atoms with van der Waals surface area (Å²) in [5.74, 6) is 0. The van der Waals surface area contributed by atoms with Crippen molar-refractivity contribution >= 4 is 33.0 Å². The van der Waals surface area contributed by atoms with Gasteiger partial charge in [0.1, 0.15) is 0 Å². The van der Waals surface area contributed by atoms with Crippen LogP contribution in [0, 0.1) is 13.8 Å². The number of rotatable bonds is 4. The molecule has 0 aliphatic carbocycles. The number of hydrogen-bond acceptors (Lipinski definition) is 5. The van der Waals surface area contributed by atoms with Crippen LogP contribution in [0.1, 0.15) is 29.9 Å². The molecule has 0 fully saturated rings. The Hall–Kier alpha value is -0.960. The monoisotopic (exact) mass is 334 g/mol. The number of aryl methyl sites for hydroxylation is 2. The van der Waals surface area contributed by atoms with Crippen molar-refractivity contribution in [3.05, 3.63) is 27.6 Å². The first-order valence-electron chi connectivity index (χ1n) is 5.86. The van der Waals surface area contributed by atoms with Crippen LogP contribution in [0.15, 0.2) is 10.4 Å². The summed E-state index contributed by atoms with van der Waals surface area (Å²) < 4.78 is 29.4. The Balaban J connectivity index is 2.29. The fourth-order valence-corrected chi connectivity index (χ4v) is 4.87. The van der Waals surface area contributed by atoms with Crippen molar-refractivity contribution in [1.82, 2.24) is 19.5 Å². The van der Waals surface area contributed by atoms with E-state index in [9.17, 15) is 8.42 Å². The summed E-state index contributed by atoms with van der Waals surface area (Å²) in [5, 5.41) is 4.11. The first kappa shape index (κ1) is 15.4. The molecule has 9 heteroatoms. The van der Waals surface area contributed by atoms with E-state index in [-0.39, 0.29) is 14.7 Å². The highest BCUT2D eigenvalue weighted by Crippen LogP contribution is 2.28. The molecule has 1 N–H and O–H groups in total. The third kappa shape index (κ3) is 2.88. The maximum absolute atomic E-state index is 12.3. The molecule has 1 atom stereocenters. The van der Waals surface area contributed by atoms with Crippen molar-refractivity contribution in [2.75, 3.05) is 0 Å². The van der Waals surface area contributed by atoms with Crippen LogP contribution in [-0.4, -0.2) is 23.2 Å². The Kier molecular flexibility index (Phi) is 4.19. The van der Waals surface area contributed by atoms with Gasteiger partial charge in [0.25, 0.3) is 10.0 Å². The second-order valence-corrected chi connectivity index (χ2v) is 7.98. The summed E-state index contributed by atoms with van der Waals surface area (Å²) in [6.45, 7) is 5.29. The molecule has 2 heterocycles. The van der Waals surface area contributed by atoms with E-state index in [1.165, 1.54) is 0 Å². The van der Waals surface area contributed by atoms with Crippen LogP contribution < -0.4 is 4.72 Å². The van der Waals surface area contributed by atoms with Crippen LogP contribution in [0.3, 0.4) is 0 Å². The Labute approximate surface area is 126 Å². The summed E-state index contributed by atoms with van der Waals surface area (Å²) in [6.07, 6.45) is 1.66. The molecule has 6 nitrogen and oxygen atoms in total. The Morgan fingerprint density at radius 1 is 1.45 bits per heavy atom. The van der Waals surface area contributed by atoms with Gasteiger partial charge in [-0.1, -0.05) is 22.9 Å². The first-order chi connectivity index (χ1) is 9.22. The average molecular weight is 335 g/mol. The quantitative estimate of drug-likeness (QED) is 0.929. The van der Waals surface area contributed by atoms with Crippen LogP contribution in [-0.2, 0) is 17.1 Å². The number of nitrogens with one attached hydrogen (secondary N) is 1. The third-order valence-corrected chi connectivity index (χ3v) is 6.46. The minimum atomic E-state index is -3.64. The van der Waals surface area contributed by atoms with Crippen LogP contribution in [0.4, 0.5) is 0 Å². The van der Waals surface area contributed by atoms with E-state index in [0.29, 0.717) is 5.69 Å². The van der Waals surface area contributed by atoms with Gasteiger partial charge in [-0.2, -0.15) is 5.10 Å². The van der Waals surface area contributed by atoms with Crippen LogP contribution in [0.2, 0.25) is 4.47 Å². The smallest absolute Gasteiger partial charge is 0.252 e. The van der Waals surface area contributed by atoms with Gasteiger partial charge in [-0.15, -0.1) is 0 Å². The SMILES string of the molecule is Cc1nc(Cl)sc1S(=O)(=O)NC(C)c1cnn(C)c1C. The lowest BCUT2D eigenvalue weighted by Crippen LogP contribution is -2.27. The fraction of sp³-hybridized carbons (Fsp3) is 0.455. The van der Waals surface area contributed by atoms with Gasteiger partial charge in [-0.3, -0.25) is 4.68 Å². The second kappa shape index (κ2) is 5.44. The van der Waals surface area contributed by atoms with Gasteiger partial charge in [0.15, 0.2) is 8.68 Å². The van der Waals surface area contributed by atoms with E-state index in [0.717, 1.165) is 22.6 Å². The normalized spacial score (nSPS) is 13.7. The largest absolute Gasteiger partial charge is 0.273 e. The zero-order valence-corrected chi connectivity index (χ0v) is 13.9. The molecular weight excluding hydrogens is 320 g/mol. The molecule has 0 bridgehead atoms. The topological polar surface area (TPSA) is 76.9 Å². The number of hydrogen-bond donors (Lipinski definition) is 1. The Bertz CT molecular complexity index is 736. The van der Waals surface area contributed by atoms with Gasteiger partial charge in [0.2, 0.25) is 0 Å². The maximum atomic E-state index is 12.3. The Morgan fingerprint density at radius 2 is 2.10 bits per heavy atom. The van der Waals surface area contributed by atoms with E-state index < -0.39 is 10.0 Å². The molecule has 110 valence electrons. The van der Waals surface area contributed by atoms with E-state index in [1.54, 1.807) is 24.7 Å². The molecule has 0 aliphatic rings.